The van der Waals surface area contributed by atoms with E-state index in [2.05, 4.69) is 4.98 Å². The second kappa shape index (κ2) is 5.30. The van der Waals surface area contributed by atoms with E-state index in [0.717, 1.165) is 5.56 Å². The van der Waals surface area contributed by atoms with Crippen molar-refractivity contribution in [1.82, 2.24) is 4.98 Å². The first kappa shape index (κ1) is 13.4. The first-order valence-electron chi connectivity index (χ1n) is 5.21. The van der Waals surface area contributed by atoms with Gasteiger partial charge in [-0.15, -0.1) is 11.3 Å². The summed E-state index contributed by atoms with van der Waals surface area (Å²) in [6.07, 6.45) is -2.18. The van der Waals surface area contributed by atoms with Crippen LogP contribution in [0.2, 0.25) is 0 Å². The molecular formula is C12H10ClF2NOS. The normalized spacial score (nSPS) is 13.6. The average Bonchev–Trinajstić information content (AvgIpc) is 2.77. The summed E-state index contributed by atoms with van der Waals surface area (Å²) in [7, 11) is 0. The molecule has 0 radical (unpaired) electrons. The van der Waals surface area contributed by atoms with Crippen molar-refractivity contribution in [3.63, 3.8) is 0 Å². The van der Waals surface area contributed by atoms with Crippen LogP contribution in [-0.4, -0.2) is 21.6 Å². The zero-order valence-electron chi connectivity index (χ0n) is 9.19. The maximum Gasteiger partial charge on any atom is 0.347 e. The second-order valence-electron chi connectivity index (χ2n) is 3.75. The molecule has 1 heterocycles. The molecule has 0 aliphatic rings. The molecule has 18 heavy (non-hydrogen) atoms. The average molecular weight is 290 g/mol. The molecule has 2 aromatic rings. The van der Waals surface area contributed by atoms with E-state index in [1.165, 1.54) is 11.3 Å². The van der Waals surface area contributed by atoms with Crippen LogP contribution in [0.3, 0.4) is 0 Å². The van der Waals surface area contributed by atoms with Gasteiger partial charge in [-0.05, 0) is 11.6 Å². The van der Waals surface area contributed by atoms with Gasteiger partial charge >= 0.3 is 5.38 Å². The summed E-state index contributed by atoms with van der Waals surface area (Å²) in [5, 5.41) is 7.78. The summed E-state index contributed by atoms with van der Waals surface area (Å²) in [5.74, 6) is 0. The molecular weight excluding hydrogens is 280 g/mol. The Morgan fingerprint density at radius 1 is 1.33 bits per heavy atom. The summed E-state index contributed by atoms with van der Waals surface area (Å²) in [6.45, 7) is 0. The van der Waals surface area contributed by atoms with E-state index >= 15 is 0 Å². The molecule has 0 aliphatic heterocycles. The molecule has 1 unspecified atom stereocenters. The molecule has 0 bridgehead atoms. The third-order valence-electron chi connectivity index (χ3n) is 2.37. The van der Waals surface area contributed by atoms with E-state index in [4.69, 9.17) is 11.6 Å². The van der Waals surface area contributed by atoms with E-state index in [9.17, 15) is 13.9 Å². The molecule has 0 aliphatic carbocycles. The molecule has 2 rings (SSSR count). The molecule has 0 saturated heterocycles. The van der Waals surface area contributed by atoms with E-state index in [-0.39, 0.29) is 6.42 Å². The molecule has 1 aromatic heterocycles. The van der Waals surface area contributed by atoms with Crippen LogP contribution in [0.15, 0.2) is 35.7 Å². The molecule has 1 aromatic carbocycles. The number of aliphatic hydroxyl groups excluding tert-OH is 1. The predicted octanol–water partition coefficient (Wildman–Crippen LogP) is 3.55. The number of nitrogens with zero attached hydrogens (tertiary/aromatic N) is 1. The lowest BCUT2D eigenvalue weighted by atomic mass is 10.2. The van der Waals surface area contributed by atoms with Crippen LogP contribution in [0.5, 0.6) is 0 Å². The SMILES string of the molecule is OC(Cc1nc(-c2ccccc2)cs1)C(F)(F)Cl. The number of alkyl halides is 3. The number of halogens is 3. The van der Waals surface area contributed by atoms with E-state index in [1.807, 2.05) is 30.3 Å². The van der Waals surface area contributed by atoms with Crippen molar-refractivity contribution in [2.24, 2.45) is 0 Å². The summed E-state index contributed by atoms with van der Waals surface area (Å²) < 4.78 is 25.2. The van der Waals surface area contributed by atoms with Crippen LogP contribution >= 0.6 is 22.9 Å². The summed E-state index contributed by atoms with van der Waals surface area (Å²) in [5.41, 5.74) is 1.62. The van der Waals surface area contributed by atoms with Crippen molar-refractivity contribution in [3.8, 4) is 11.3 Å². The molecule has 2 nitrogen and oxygen atoms in total. The fraction of sp³-hybridized carbons (Fsp3) is 0.250. The smallest absolute Gasteiger partial charge is 0.347 e. The van der Waals surface area contributed by atoms with Gasteiger partial charge in [0.25, 0.3) is 0 Å². The summed E-state index contributed by atoms with van der Waals surface area (Å²) >= 11 is 5.98. The van der Waals surface area contributed by atoms with Gasteiger partial charge in [0.15, 0.2) is 0 Å². The molecule has 0 spiro atoms. The highest BCUT2D eigenvalue weighted by atomic mass is 35.5. The van der Waals surface area contributed by atoms with Gasteiger partial charge in [0.2, 0.25) is 0 Å². The Morgan fingerprint density at radius 3 is 2.61 bits per heavy atom. The Kier molecular flexibility index (Phi) is 3.94. The Labute approximate surface area is 112 Å². The van der Waals surface area contributed by atoms with Crippen LogP contribution in [0.4, 0.5) is 8.78 Å². The van der Waals surface area contributed by atoms with Gasteiger partial charge in [-0.1, -0.05) is 30.3 Å². The van der Waals surface area contributed by atoms with Crippen molar-refractivity contribution < 1.29 is 13.9 Å². The highest BCUT2D eigenvalue weighted by Crippen LogP contribution is 2.28. The maximum absolute atomic E-state index is 12.6. The third-order valence-corrected chi connectivity index (χ3v) is 3.49. The molecule has 96 valence electrons. The van der Waals surface area contributed by atoms with E-state index in [0.29, 0.717) is 10.7 Å². The number of thiazole rings is 1. The Balaban J connectivity index is 2.12. The summed E-state index contributed by atoms with van der Waals surface area (Å²) in [4.78, 5) is 4.20. The van der Waals surface area contributed by atoms with Crippen LogP contribution in [0.25, 0.3) is 11.3 Å². The lowest BCUT2D eigenvalue weighted by Crippen LogP contribution is -2.29. The monoisotopic (exact) mass is 289 g/mol. The van der Waals surface area contributed by atoms with Gasteiger partial charge in [0.1, 0.15) is 6.10 Å². The first-order valence-corrected chi connectivity index (χ1v) is 6.47. The van der Waals surface area contributed by atoms with Crippen LogP contribution in [0, 0.1) is 0 Å². The Morgan fingerprint density at radius 2 is 2.00 bits per heavy atom. The Bertz CT molecular complexity index is 512. The number of hydrogen-bond donors (Lipinski definition) is 1. The zero-order chi connectivity index (χ0) is 13.2. The zero-order valence-corrected chi connectivity index (χ0v) is 10.8. The molecule has 1 N–H and O–H groups in total. The molecule has 0 amide bonds. The molecule has 0 fully saturated rings. The first-order chi connectivity index (χ1) is 8.47. The van der Waals surface area contributed by atoms with Gasteiger partial charge < -0.3 is 5.11 Å². The minimum atomic E-state index is -3.63. The quantitative estimate of drug-likeness (QED) is 0.873. The maximum atomic E-state index is 12.6. The van der Waals surface area contributed by atoms with Crippen molar-refractivity contribution in [1.29, 1.82) is 0 Å². The minimum absolute atomic E-state index is 0.256. The van der Waals surface area contributed by atoms with Crippen LogP contribution in [-0.2, 0) is 6.42 Å². The van der Waals surface area contributed by atoms with Crippen molar-refractivity contribution >= 4 is 22.9 Å². The van der Waals surface area contributed by atoms with E-state index in [1.54, 1.807) is 5.38 Å². The summed E-state index contributed by atoms with van der Waals surface area (Å²) in [6, 6.07) is 9.39. The highest BCUT2D eigenvalue weighted by Gasteiger charge is 2.36. The molecule has 1 atom stereocenters. The Hall–Kier alpha value is -1.04. The lowest BCUT2D eigenvalue weighted by molar-refractivity contribution is -0.0397. The standard InChI is InChI=1S/C12H10ClF2NOS/c13-12(14,15)10(17)6-11-16-9(7-18-11)8-4-2-1-3-5-8/h1-5,7,10,17H,6H2. The fourth-order valence-electron chi connectivity index (χ4n) is 1.43. The van der Waals surface area contributed by atoms with Gasteiger partial charge in [0, 0.05) is 17.4 Å². The van der Waals surface area contributed by atoms with Gasteiger partial charge in [0.05, 0.1) is 10.7 Å². The van der Waals surface area contributed by atoms with Gasteiger partial charge in [-0.3, -0.25) is 0 Å². The third kappa shape index (κ3) is 3.25. The predicted molar refractivity (Wildman–Crippen MR) is 68.1 cm³/mol. The fourth-order valence-corrected chi connectivity index (χ4v) is 2.35. The number of benzene rings is 1. The second-order valence-corrected chi connectivity index (χ2v) is 5.20. The number of aromatic nitrogens is 1. The van der Waals surface area contributed by atoms with Gasteiger partial charge in [-0.2, -0.15) is 8.78 Å². The minimum Gasteiger partial charge on any atom is -0.385 e. The number of hydrogen-bond acceptors (Lipinski definition) is 3. The lowest BCUT2D eigenvalue weighted by Gasteiger charge is -2.13. The number of rotatable bonds is 4. The van der Waals surface area contributed by atoms with Crippen molar-refractivity contribution in [2.75, 3.05) is 0 Å². The highest BCUT2D eigenvalue weighted by molar-refractivity contribution is 7.09. The number of aliphatic hydroxyl groups is 1. The van der Waals surface area contributed by atoms with Gasteiger partial charge in [-0.25, -0.2) is 4.98 Å². The van der Waals surface area contributed by atoms with Crippen molar-refractivity contribution in [3.05, 3.63) is 40.7 Å². The topological polar surface area (TPSA) is 33.1 Å². The van der Waals surface area contributed by atoms with Crippen molar-refractivity contribution in [2.45, 2.75) is 17.9 Å². The largest absolute Gasteiger partial charge is 0.385 e. The van der Waals surface area contributed by atoms with Crippen LogP contribution in [0.1, 0.15) is 5.01 Å². The molecule has 6 heteroatoms. The van der Waals surface area contributed by atoms with E-state index < -0.39 is 11.5 Å². The molecule has 0 saturated carbocycles. The van der Waals surface area contributed by atoms with Crippen LogP contribution < -0.4 is 0 Å².